The summed E-state index contributed by atoms with van der Waals surface area (Å²) in [6.07, 6.45) is 0. The number of carbonyl (C=O) groups is 2. The lowest BCUT2D eigenvalue weighted by Crippen LogP contribution is -2.14. The van der Waals surface area contributed by atoms with E-state index in [1.807, 2.05) is 56.3 Å². The minimum absolute atomic E-state index is 0.226. The lowest BCUT2D eigenvalue weighted by molar-refractivity contribution is 0.101. The topological polar surface area (TPSA) is 67.4 Å². The van der Waals surface area contributed by atoms with Gasteiger partial charge in [-0.3, -0.25) is 9.59 Å². The molecule has 0 unspecified atom stereocenters. The first kappa shape index (κ1) is 19.2. The number of anilines is 2. The molecule has 2 N–H and O–H groups in total. The summed E-state index contributed by atoms with van der Waals surface area (Å²) in [5, 5.41) is 5.69. The molecule has 3 aromatic rings. The van der Waals surface area contributed by atoms with Gasteiger partial charge in [0.2, 0.25) is 0 Å². The number of hydrogen-bond acceptors (Lipinski definition) is 3. The van der Waals surface area contributed by atoms with Crippen molar-refractivity contribution in [2.45, 2.75) is 13.8 Å². The van der Waals surface area contributed by atoms with Crippen molar-refractivity contribution in [1.82, 2.24) is 0 Å². The van der Waals surface area contributed by atoms with Crippen LogP contribution in [0.25, 0.3) is 0 Å². The van der Waals surface area contributed by atoms with Gasteiger partial charge in [0, 0.05) is 16.8 Å². The van der Waals surface area contributed by atoms with E-state index in [0.29, 0.717) is 22.6 Å². The van der Waals surface area contributed by atoms with E-state index in [2.05, 4.69) is 10.6 Å². The Kier molecular flexibility index (Phi) is 5.75. The zero-order valence-electron chi connectivity index (χ0n) is 16.1. The van der Waals surface area contributed by atoms with Gasteiger partial charge in [0.1, 0.15) is 5.75 Å². The van der Waals surface area contributed by atoms with E-state index in [9.17, 15) is 9.59 Å². The molecule has 2 amide bonds. The fourth-order valence-electron chi connectivity index (χ4n) is 2.73. The predicted octanol–water partition coefficient (Wildman–Crippen LogP) is 4.82. The molecule has 0 aliphatic heterocycles. The molecular formula is C23H22N2O3. The van der Waals surface area contributed by atoms with Gasteiger partial charge in [-0.2, -0.15) is 0 Å². The molecule has 28 heavy (non-hydrogen) atoms. The lowest BCUT2D eigenvalue weighted by atomic mass is 10.1. The minimum atomic E-state index is -0.269. The molecule has 0 heterocycles. The fraction of sp³-hybridized carbons (Fsp3) is 0.130. The van der Waals surface area contributed by atoms with E-state index < -0.39 is 0 Å². The molecule has 0 radical (unpaired) electrons. The number of rotatable bonds is 5. The SMILES string of the molecule is COc1ccc(C)cc1NC(=O)c1ccc(C(=O)Nc2ccc(C)cc2)cc1. The van der Waals surface area contributed by atoms with Crippen molar-refractivity contribution in [2.75, 3.05) is 17.7 Å². The predicted molar refractivity (Wildman–Crippen MR) is 111 cm³/mol. The quantitative estimate of drug-likeness (QED) is 0.673. The number of amides is 2. The van der Waals surface area contributed by atoms with Crippen LogP contribution in [0.1, 0.15) is 31.8 Å². The first-order chi connectivity index (χ1) is 13.5. The summed E-state index contributed by atoms with van der Waals surface area (Å²) in [7, 11) is 1.56. The minimum Gasteiger partial charge on any atom is -0.495 e. The Balaban J connectivity index is 1.69. The smallest absolute Gasteiger partial charge is 0.255 e. The molecule has 0 aliphatic carbocycles. The summed E-state index contributed by atoms with van der Waals surface area (Å²) in [5.74, 6) is 0.0959. The first-order valence-electron chi connectivity index (χ1n) is 8.90. The highest BCUT2D eigenvalue weighted by Crippen LogP contribution is 2.25. The van der Waals surface area contributed by atoms with E-state index in [-0.39, 0.29) is 11.8 Å². The summed E-state index contributed by atoms with van der Waals surface area (Å²) >= 11 is 0. The van der Waals surface area contributed by atoms with Crippen LogP contribution in [0.2, 0.25) is 0 Å². The molecule has 5 heteroatoms. The molecule has 0 bridgehead atoms. The second-order valence-corrected chi connectivity index (χ2v) is 6.56. The highest BCUT2D eigenvalue weighted by molar-refractivity contribution is 6.07. The maximum atomic E-state index is 12.5. The highest BCUT2D eigenvalue weighted by Gasteiger charge is 2.12. The van der Waals surface area contributed by atoms with Crippen LogP contribution in [0.15, 0.2) is 66.7 Å². The van der Waals surface area contributed by atoms with Gasteiger partial charge in [0.05, 0.1) is 12.8 Å². The van der Waals surface area contributed by atoms with E-state index in [1.54, 1.807) is 31.4 Å². The lowest BCUT2D eigenvalue weighted by Gasteiger charge is -2.11. The summed E-state index contributed by atoms with van der Waals surface area (Å²) in [6.45, 7) is 3.93. The van der Waals surface area contributed by atoms with Crippen molar-refractivity contribution < 1.29 is 14.3 Å². The molecule has 0 saturated heterocycles. The highest BCUT2D eigenvalue weighted by atomic mass is 16.5. The van der Waals surface area contributed by atoms with Gasteiger partial charge >= 0.3 is 0 Å². The number of carbonyl (C=O) groups excluding carboxylic acids is 2. The van der Waals surface area contributed by atoms with Crippen molar-refractivity contribution in [3.63, 3.8) is 0 Å². The van der Waals surface area contributed by atoms with Gasteiger partial charge in [0.15, 0.2) is 0 Å². The molecule has 5 nitrogen and oxygen atoms in total. The molecule has 0 saturated carbocycles. The fourth-order valence-corrected chi connectivity index (χ4v) is 2.73. The second kappa shape index (κ2) is 8.39. The van der Waals surface area contributed by atoms with E-state index in [0.717, 1.165) is 16.8 Å². The van der Waals surface area contributed by atoms with Crippen LogP contribution in [0.3, 0.4) is 0 Å². The third-order valence-corrected chi connectivity index (χ3v) is 4.32. The van der Waals surface area contributed by atoms with Gasteiger partial charge < -0.3 is 15.4 Å². The molecule has 0 spiro atoms. The standard InChI is InChI=1S/C23H22N2O3/c1-15-4-11-19(12-5-15)24-22(26)17-7-9-18(10-8-17)23(27)25-20-14-16(2)6-13-21(20)28-3/h4-14H,1-3H3,(H,24,26)(H,25,27). The monoisotopic (exact) mass is 374 g/mol. The number of aryl methyl sites for hydroxylation is 2. The Labute approximate surface area is 164 Å². The Morgan fingerprint density at radius 3 is 1.82 bits per heavy atom. The Morgan fingerprint density at radius 2 is 1.25 bits per heavy atom. The summed E-state index contributed by atoms with van der Waals surface area (Å²) in [4.78, 5) is 24.9. The molecule has 3 aromatic carbocycles. The van der Waals surface area contributed by atoms with Crippen LogP contribution in [-0.4, -0.2) is 18.9 Å². The molecule has 0 fully saturated rings. The van der Waals surface area contributed by atoms with Gasteiger partial charge in [0.25, 0.3) is 11.8 Å². The van der Waals surface area contributed by atoms with Crippen molar-refractivity contribution in [2.24, 2.45) is 0 Å². The normalized spacial score (nSPS) is 10.2. The van der Waals surface area contributed by atoms with Crippen molar-refractivity contribution in [3.8, 4) is 5.75 Å². The van der Waals surface area contributed by atoms with Crippen molar-refractivity contribution in [3.05, 3.63) is 89.0 Å². The number of methoxy groups -OCH3 is 1. The summed E-state index contributed by atoms with van der Waals surface area (Å²) in [6, 6.07) is 19.7. The summed E-state index contributed by atoms with van der Waals surface area (Å²) < 4.78 is 5.28. The number of benzene rings is 3. The van der Waals surface area contributed by atoms with Crippen molar-refractivity contribution >= 4 is 23.2 Å². The van der Waals surface area contributed by atoms with Crippen LogP contribution >= 0.6 is 0 Å². The van der Waals surface area contributed by atoms with Gasteiger partial charge in [-0.15, -0.1) is 0 Å². The van der Waals surface area contributed by atoms with Crippen LogP contribution < -0.4 is 15.4 Å². The molecule has 142 valence electrons. The number of ether oxygens (including phenoxy) is 1. The number of nitrogens with one attached hydrogen (secondary N) is 2. The maximum Gasteiger partial charge on any atom is 0.255 e. The average Bonchev–Trinajstić information content (AvgIpc) is 2.70. The van der Waals surface area contributed by atoms with E-state index in [4.69, 9.17) is 4.74 Å². The third kappa shape index (κ3) is 4.57. The Hall–Kier alpha value is -3.60. The zero-order chi connectivity index (χ0) is 20.1. The van der Waals surface area contributed by atoms with Crippen LogP contribution in [0.4, 0.5) is 11.4 Å². The van der Waals surface area contributed by atoms with Gasteiger partial charge in [-0.05, 0) is 67.9 Å². The Bertz CT molecular complexity index is 993. The third-order valence-electron chi connectivity index (χ3n) is 4.32. The van der Waals surface area contributed by atoms with Crippen LogP contribution in [-0.2, 0) is 0 Å². The van der Waals surface area contributed by atoms with Crippen molar-refractivity contribution in [1.29, 1.82) is 0 Å². The largest absolute Gasteiger partial charge is 0.495 e. The molecule has 0 aromatic heterocycles. The van der Waals surface area contributed by atoms with Gasteiger partial charge in [-0.1, -0.05) is 23.8 Å². The number of hydrogen-bond donors (Lipinski definition) is 2. The zero-order valence-corrected chi connectivity index (χ0v) is 16.1. The second-order valence-electron chi connectivity index (χ2n) is 6.56. The van der Waals surface area contributed by atoms with Crippen LogP contribution in [0.5, 0.6) is 5.75 Å². The Morgan fingerprint density at radius 1 is 0.714 bits per heavy atom. The van der Waals surface area contributed by atoms with Gasteiger partial charge in [-0.25, -0.2) is 0 Å². The molecule has 0 atom stereocenters. The van der Waals surface area contributed by atoms with E-state index in [1.165, 1.54) is 0 Å². The summed E-state index contributed by atoms with van der Waals surface area (Å²) in [5.41, 5.74) is 4.40. The molecular weight excluding hydrogens is 352 g/mol. The average molecular weight is 374 g/mol. The molecule has 3 rings (SSSR count). The van der Waals surface area contributed by atoms with E-state index >= 15 is 0 Å². The molecule has 0 aliphatic rings. The first-order valence-corrected chi connectivity index (χ1v) is 8.90. The maximum absolute atomic E-state index is 12.5. The van der Waals surface area contributed by atoms with Crippen LogP contribution in [0, 0.1) is 13.8 Å².